The number of carbonyl (C=O) groups excluding carboxylic acids is 1. The standard InChI is InChI=1S/C15H15FN2O/c1-18(10-12-6-4-5-9-17-12)11-15(19)13-7-2-3-8-14(13)16/h2-9H,10-11H2,1H3. The molecule has 0 aliphatic rings. The Hall–Kier alpha value is -2.07. The highest BCUT2D eigenvalue weighted by atomic mass is 19.1. The molecule has 0 aliphatic heterocycles. The van der Waals surface area contributed by atoms with Gasteiger partial charge in [0, 0.05) is 12.7 Å². The quantitative estimate of drug-likeness (QED) is 0.773. The molecular weight excluding hydrogens is 243 g/mol. The average Bonchev–Trinajstić information content (AvgIpc) is 2.40. The number of hydrogen-bond donors (Lipinski definition) is 0. The van der Waals surface area contributed by atoms with Crippen molar-refractivity contribution in [2.45, 2.75) is 6.54 Å². The maximum absolute atomic E-state index is 13.5. The molecule has 0 bridgehead atoms. The van der Waals surface area contributed by atoms with Gasteiger partial charge < -0.3 is 0 Å². The van der Waals surface area contributed by atoms with E-state index in [0.29, 0.717) is 6.54 Å². The molecular formula is C15H15FN2O. The van der Waals surface area contributed by atoms with E-state index in [-0.39, 0.29) is 17.9 Å². The summed E-state index contributed by atoms with van der Waals surface area (Å²) in [5.74, 6) is -0.699. The van der Waals surface area contributed by atoms with Crippen LogP contribution in [0.4, 0.5) is 4.39 Å². The average molecular weight is 258 g/mol. The van der Waals surface area contributed by atoms with E-state index in [1.807, 2.05) is 30.1 Å². The second-order valence-corrected chi connectivity index (χ2v) is 4.40. The highest BCUT2D eigenvalue weighted by molar-refractivity contribution is 5.97. The Bertz CT molecular complexity index is 557. The van der Waals surface area contributed by atoms with E-state index in [1.54, 1.807) is 18.3 Å². The van der Waals surface area contributed by atoms with E-state index in [1.165, 1.54) is 12.1 Å². The third-order valence-corrected chi connectivity index (χ3v) is 2.75. The molecule has 1 aromatic heterocycles. The van der Waals surface area contributed by atoms with Gasteiger partial charge in [-0.3, -0.25) is 14.7 Å². The lowest BCUT2D eigenvalue weighted by molar-refractivity contribution is 0.0938. The SMILES string of the molecule is CN(CC(=O)c1ccccc1F)Cc1ccccn1. The van der Waals surface area contributed by atoms with Crippen LogP contribution in [0.15, 0.2) is 48.7 Å². The predicted molar refractivity (Wildman–Crippen MR) is 71.3 cm³/mol. The summed E-state index contributed by atoms with van der Waals surface area (Å²) in [6.45, 7) is 0.721. The second-order valence-electron chi connectivity index (χ2n) is 4.40. The molecule has 2 aromatic rings. The van der Waals surface area contributed by atoms with Crippen LogP contribution in [0.1, 0.15) is 16.1 Å². The van der Waals surface area contributed by atoms with Crippen LogP contribution in [-0.4, -0.2) is 29.3 Å². The number of hydrogen-bond acceptors (Lipinski definition) is 3. The van der Waals surface area contributed by atoms with Crippen LogP contribution in [0.5, 0.6) is 0 Å². The van der Waals surface area contributed by atoms with E-state index in [4.69, 9.17) is 0 Å². The van der Waals surface area contributed by atoms with Gasteiger partial charge in [-0.15, -0.1) is 0 Å². The number of carbonyl (C=O) groups is 1. The van der Waals surface area contributed by atoms with Crippen molar-refractivity contribution >= 4 is 5.78 Å². The Morgan fingerprint density at radius 1 is 1.21 bits per heavy atom. The van der Waals surface area contributed by atoms with Crippen LogP contribution in [0.25, 0.3) is 0 Å². The van der Waals surface area contributed by atoms with Crippen molar-refractivity contribution in [2.75, 3.05) is 13.6 Å². The van der Waals surface area contributed by atoms with Gasteiger partial charge in [0.05, 0.1) is 17.8 Å². The number of benzene rings is 1. The van der Waals surface area contributed by atoms with Crippen molar-refractivity contribution in [3.05, 3.63) is 65.7 Å². The molecule has 3 nitrogen and oxygen atoms in total. The van der Waals surface area contributed by atoms with Gasteiger partial charge >= 0.3 is 0 Å². The number of ketones is 1. The van der Waals surface area contributed by atoms with Crippen molar-refractivity contribution in [1.29, 1.82) is 0 Å². The predicted octanol–water partition coefficient (Wildman–Crippen LogP) is 2.54. The molecule has 0 atom stereocenters. The molecule has 0 saturated carbocycles. The summed E-state index contributed by atoms with van der Waals surface area (Å²) < 4.78 is 13.5. The molecule has 0 amide bonds. The molecule has 0 N–H and O–H groups in total. The minimum atomic E-state index is -0.473. The van der Waals surface area contributed by atoms with E-state index in [2.05, 4.69) is 4.98 Å². The molecule has 0 unspecified atom stereocenters. The Morgan fingerprint density at radius 3 is 2.63 bits per heavy atom. The molecule has 1 aromatic carbocycles. The molecule has 19 heavy (non-hydrogen) atoms. The van der Waals surface area contributed by atoms with E-state index < -0.39 is 5.82 Å². The third kappa shape index (κ3) is 3.69. The molecule has 0 spiro atoms. The Morgan fingerprint density at radius 2 is 1.95 bits per heavy atom. The Labute approximate surface area is 111 Å². The lowest BCUT2D eigenvalue weighted by Crippen LogP contribution is -2.26. The largest absolute Gasteiger partial charge is 0.293 e. The fourth-order valence-corrected chi connectivity index (χ4v) is 1.84. The van der Waals surface area contributed by atoms with Crippen molar-refractivity contribution < 1.29 is 9.18 Å². The van der Waals surface area contributed by atoms with Crippen LogP contribution in [0, 0.1) is 5.82 Å². The maximum Gasteiger partial charge on any atom is 0.179 e. The fraction of sp³-hybridized carbons (Fsp3) is 0.200. The number of aromatic nitrogens is 1. The first kappa shape index (κ1) is 13.4. The van der Waals surface area contributed by atoms with Gasteiger partial charge in [-0.1, -0.05) is 18.2 Å². The molecule has 98 valence electrons. The maximum atomic E-state index is 13.5. The van der Waals surface area contributed by atoms with Gasteiger partial charge in [0.1, 0.15) is 5.82 Å². The molecule has 4 heteroatoms. The summed E-state index contributed by atoms with van der Waals surface area (Å²) in [6, 6.07) is 11.7. The monoisotopic (exact) mass is 258 g/mol. The molecule has 0 fully saturated rings. The summed E-state index contributed by atoms with van der Waals surface area (Å²) in [4.78, 5) is 18.0. The molecule has 2 rings (SSSR count). The molecule has 0 saturated heterocycles. The summed E-state index contributed by atoms with van der Waals surface area (Å²) >= 11 is 0. The number of likely N-dealkylation sites (N-methyl/N-ethyl adjacent to an activating group) is 1. The highest BCUT2D eigenvalue weighted by Gasteiger charge is 2.13. The van der Waals surface area contributed by atoms with Gasteiger partial charge in [-0.05, 0) is 31.3 Å². The zero-order chi connectivity index (χ0) is 13.7. The Balaban J connectivity index is 1.98. The lowest BCUT2D eigenvalue weighted by Gasteiger charge is -2.15. The van der Waals surface area contributed by atoms with Crippen LogP contribution in [0.2, 0.25) is 0 Å². The first-order chi connectivity index (χ1) is 9.16. The summed E-state index contributed by atoms with van der Waals surface area (Å²) in [5, 5.41) is 0. The fourth-order valence-electron chi connectivity index (χ4n) is 1.84. The first-order valence-electron chi connectivity index (χ1n) is 6.03. The molecule has 1 heterocycles. The van der Waals surface area contributed by atoms with Gasteiger partial charge in [0.25, 0.3) is 0 Å². The smallest absolute Gasteiger partial charge is 0.179 e. The molecule has 0 aliphatic carbocycles. The van der Waals surface area contributed by atoms with Crippen LogP contribution < -0.4 is 0 Å². The van der Waals surface area contributed by atoms with Crippen molar-refractivity contribution in [3.63, 3.8) is 0 Å². The minimum Gasteiger partial charge on any atom is -0.293 e. The van der Waals surface area contributed by atoms with Gasteiger partial charge in [-0.2, -0.15) is 0 Å². The molecule has 0 radical (unpaired) electrons. The lowest BCUT2D eigenvalue weighted by atomic mass is 10.1. The normalized spacial score (nSPS) is 10.7. The number of halogens is 1. The third-order valence-electron chi connectivity index (χ3n) is 2.75. The van der Waals surface area contributed by atoms with E-state index in [9.17, 15) is 9.18 Å². The van der Waals surface area contributed by atoms with E-state index >= 15 is 0 Å². The number of pyridine rings is 1. The summed E-state index contributed by atoms with van der Waals surface area (Å²) in [7, 11) is 1.81. The van der Waals surface area contributed by atoms with Crippen molar-refractivity contribution in [1.82, 2.24) is 9.88 Å². The topological polar surface area (TPSA) is 33.2 Å². The second kappa shape index (κ2) is 6.20. The number of rotatable bonds is 5. The number of Topliss-reactive ketones (excluding diaryl/α,β-unsaturated/α-hetero) is 1. The summed E-state index contributed by atoms with van der Waals surface area (Å²) in [6.07, 6.45) is 1.71. The zero-order valence-corrected chi connectivity index (χ0v) is 10.7. The van der Waals surface area contributed by atoms with Crippen LogP contribution >= 0.6 is 0 Å². The van der Waals surface area contributed by atoms with Crippen LogP contribution in [-0.2, 0) is 6.54 Å². The Kier molecular flexibility index (Phi) is 4.36. The van der Waals surface area contributed by atoms with Crippen LogP contribution in [0.3, 0.4) is 0 Å². The highest BCUT2D eigenvalue weighted by Crippen LogP contribution is 2.08. The first-order valence-corrected chi connectivity index (χ1v) is 6.03. The van der Waals surface area contributed by atoms with Gasteiger partial charge in [0.2, 0.25) is 0 Å². The summed E-state index contributed by atoms with van der Waals surface area (Å²) in [5.41, 5.74) is 1.02. The van der Waals surface area contributed by atoms with E-state index in [0.717, 1.165) is 5.69 Å². The van der Waals surface area contributed by atoms with Crippen molar-refractivity contribution in [2.24, 2.45) is 0 Å². The minimum absolute atomic E-state index is 0.135. The van der Waals surface area contributed by atoms with Crippen molar-refractivity contribution in [3.8, 4) is 0 Å². The van der Waals surface area contributed by atoms with Gasteiger partial charge in [0.15, 0.2) is 5.78 Å². The number of nitrogens with zero attached hydrogens (tertiary/aromatic N) is 2. The zero-order valence-electron chi connectivity index (χ0n) is 10.7. The van der Waals surface area contributed by atoms with Gasteiger partial charge in [-0.25, -0.2) is 4.39 Å².